The molecule has 1 aliphatic heterocycles. The standard InChI is InChI=1S/C26H26N8O/c1-33-12-14-34(15-13-33)26-31-24(21-8-5-10-27-18-21)30-25(32-26)29-23-17-20(9-11-28-23)22(35)16-19-6-3-2-4-7-19/h2-11,17-18H,12-16H2,1H3,(H,28,29,30,31,32). The summed E-state index contributed by atoms with van der Waals surface area (Å²) in [5.41, 5.74) is 2.35. The molecule has 9 heteroatoms. The Morgan fingerprint density at radius 3 is 2.54 bits per heavy atom. The number of aromatic nitrogens is 5. The lowest BCUT2D eigenvalue weighted by atomic mass is 10.0. The van der Waals surface area contributed by atoms with Gasteiger partial charge in [-0.2, -0.15) is 15.0 Å². The molecule has 4 heterocycles. The lowest BCUT2D eigenvalue weighted by Crippen LogP contribution is -2.45. The fourth-order valence-corrected chi connectivity index (χ4v) is 3.86. The average molecular weight is 467 g/mol. The van der Waals surface area contributed by atoms with Crippen molar-refractivity contribution in [3.63, 3.8) is 0 Å². The van der Waals surface area contributed by atoms with Crippen molar-refractivity contribution in [2.45, 2.75) is 6.42 Å². The summed E-state index contributed by atoms with van der Waals surface area (Å²) in [4.78, 5) is 39.9. The molecule has 0 unspecified atom stereocenters. The smallest absolute Gasteiger partial charge is 0.233 e. The van der Waals surface area contributed by atoms with Gasteiger partial charge in [0.15, 0.2) is 11.6 Å². The van der Waals surface area contributed by atoms with Crippen LogP contribution in [-0.4, -0.2) is 68.8 Å². The zero-order chi connectivity index (χ0) is 24.0. The van der Waals surface area contributed by atoms with E-state index in [0.29, 0.717) is 35.5 Å². The third-order valence-corrected chi connectivity index (χ3v) is 5.86. The van der Waals surface area contributed by atoms with Gasteiger partial charge in [-0.3, -0.25) is 9.78 Å². The SMILES string of the molecule is CN1CCN(c2nc(Nc3cc(C(=O)Cc4ccccc4)ccn3)nc(-c3cccnc3)n2)CC1. The molecule has 176 valence electrons. The normalized spacial score (nSPS) is 14.0. The summed E-state index contributed by atoms with van der Waals surface area (Å²) in [6.07, 6.45) is 5.39. The van der Waals surface area contributed by atoms with Crippen LogP contribution in [0.2, 0.25) is 0 Å². The number of hydrogen-bond acceptors (Lipinski definition) is 9. The Hall–Kier alpha value is -4.24. The van der Waals surface area contributed by atoms with E-state index in [4.69, 9.17) is 4.98 Å². The van der Waals surface area contributed by atoms with Crippen molar-refractivity contribution in [3.05, 3.63) is 84.3 Å². The van der Waals surface area contributed by atoms with Gasteiger partial charge in [0.1, 0.15) is 5.82 Å². The van der Waals surface area contributed by atoms with Gasteiger partial charge in [-0.25, -0.2) is 4.98 Å². The zero-order valence-electron chi connectivity index (χ0n) is 19.5. The van der Waals surface area contributed by atoms with Gasteiger partial charge < -0.3 is 15.1 Å². The number of nitrogens with one attached hydrogen (secondary N) is 1. The number of nitrogens with zero attached hydrogens (tertiary/aromatic N) is 7. The first kappa shape index (κ1) is 22.5. The topological polar surface area (TPSA) is 100 Å². The van der Waals surface area contributed by atoms with Crippen LogP contribution in [0.5, 0.6) is 0 Å². The Bertz CT molecular complexity index is 1290. The van der Waals surface area contributed by atoms with Crippen molar-refractivity contribution in [2.24, 2.45) is 0 Å². The van der Waals surface area contributed by atoms with Crippen LogP contribution in [0.25, 0.3) is 11.4 Å². The monoisotopic (exact) mass is 466 g/mol. The highest BCUT2D eigenvalue weighted by Gasteiger charge is 2.19. The lowest BCUT2D eigenvalue weighted by Gasteiger charge is -2.32. The summed E-state index contributed by atoms with van der Waals surface area (Å²) in [5, 5.41) is 3.18. The van der Waals surface area contributed by atoms with Crippen molar-refractivity contribution in [1.82, 2.24) is 29.8 Å². The molecule has 4 aromatic rings. The lowest BCUT2D eigenvalue weighted by molar-refractivity contribution is 0.0993. The molecule has 1 aromatic carbocycles. The maximum absolute atomic E-state index is 12.8. The van der Waals surface area contributed by atoms with E-state index in [2.05, 4.69) is 42.1 Å². The predicted octanol–water partition coefficient (Wildman–Crippen LogP) is 3.25. The fraction of sp³-hybridized carbons (Fsp3) is 0.231. The Labute approximate surface area is 203 Å². The first-order valence-corrected chi connectivity index (χ1v) is 11.5. The van der Waals surface area contributed by atoms with Gasteiger partial charge in [-0.05, 0) is 36.9 Å². The van der Waals surface area contributed by atoms with Crippen LogP contribution in [0.3, 0.4) is 0 Å². The number of likely N-dealkylation sites (N-methyl/N-ethyl adjacent to an activating group) is 1. The number of rotatable bonds is 7. The van der Waals surface area contributed by atoms with Crippen LogP contribution in [0.1, 0.15) is 15.9 Å². The summed E-state index contributed by atoms with van der Waals surface area (Å²) in [7, 11) is 2.11. The molecular formula is C26H26N8O. The van der Waals surface area contributed by atoms with Crippen LogP contribution >= 0.6 is 0 Å². The molecule has 0 atom stereocenters. The molecule has 0 radical (unpaired) electrons. The largest absolute Gasteiger partial charge is 0.338 e. The summed E-state index contributed by atoms with van der Waals surface area (Å²) < 4.78 is 0. The Morgan fingerprint density at radius 2 is 1.77 bits per heavy atom. The molecular weight excluding hydrogens is 440 g/mol. The second kappa shape index (κ2) is 10.4. The second-order valence-corrected chi connectivity index (χ2v) is 8.45. The maximum Gasteiger partial charge on any atom is 0.233 e. The van der Waals surface area contributed by atoms with Gasteiger partial charge in [0.2, 0.25) is 11.9 Å². The van der Waals surface area contributed by atoms with Gasteiger partial charge in [0, 0.05) is 62.3 Å². The van der Waals surface area contributed by atoms with Crippen LogP contribution in [0.15, 0.2) is 73.2 Å². The molecule has 0 spiro atoms. The molecule has 0 bridgehead atoms. The van der Waals surface area contributed by atoms with E-state index in [9.17, 15) is 4.79 Å². The zero-order valence-corrected chi connectivity index (χ0v) is 19.5. The number of pyridine rings is 2. The van der Waals surface area contributed by atoms with Crippen LogP contribution < -0.4 is 10.2 Å². The van der Waals surface area contributed by atoms with E-state index in [1.165, 1.54) is 0 Å². The summed E-state index contributed by atoms with van der Waals surface area (Å²) in [6.45, 7) is 3.52. The molecule has 9 nitrogen and oxygen atoms in total. The number of anilines is 3. The van der Waals surface area contributed by atoms with Gasteiger partial charge in [-0.15, -0.1) is 0 Å². The number of carbonyl (C=O) groups is 1. The number of ketones is 1. The minimum absolute atomic E-state index is 0.0199. The summed E-state index contributed by atoms with van der Waals surface area (Å²) >= 11 is 0. The molecule has 0 amide bonds. The highest BCUT2D eigenvalue weighted by Crippen LogP contribution is 2.22. The van der Waals surface area contributed by atoms with E-state index in [1.807, 2.05) is 42.5 Å². The van der Waals surface area contributed by atoms with Crippen molar-refractivity contribution in [2.75, 3.05) is 43.4 Å². The molecule has 1 saturated heterocycles. The molecule has 1 aliphatic rings. The Balaban J connectivity index is 1.41. The number of carbonyl (C=O) groups excluding carboxylic acids is 1. The average Bonchev–Trinajstić information content (AvgIpc) is 2.90. The van der Waals surface area contributed by atoms with E-state index in [1.54, 1.807) is 30.7 Å². The Kier molecular flexibility index (Phi) is 6.67. The number of benzene rings is 1. The highest BCUT2D eigenvalue weighted by molar-refractivity contribution is 5.98. The van der Waals surface area contributed by atoms with Crippen LogP contribution in [0.4, 0.5) is 17.7 Å². The molecule has 0 saturated carbocycles. The summed E-state index contributed by atoms with van der Waals surface area (Å²) in [5.74, 6) is 2.02. The molecule has 0 aliphatic carbocycles. The third-order valence-electron chi connectivity index (χ3n) is 5.86. The molecule has 1 N–H and O–H groups in total. The van der Waals surface area contributed by atoms with Crippen LogP contribution in [-0.2, 0) is 6.42 Å². The van der Waals surface area contributed by atoms with Crippen LogP contribution in [0, 0.1) is 0 Å². The van der Waals surface area contributed by atoms with E-state index in [-0.39, 0.29) is 5.78 Å². The molecule has 5 rings (SSSR count). The van der Waals surface area contributed by atoms with E-state index in [0.717, 1.165) is 37.3 Å². The molecule has 35 heavy (non-hydrogen) atoms. The van der Waals surface area contributed by atoms with E-state index < -0.39 is 0 Å². The first-order valence-electron chi connectivity index (χ1n) is 11.5. The van der Waals surface area contributed by atoms with Gasteiger partial charge in [-0.1, -0.05) is 30.3 Å². The Morgan fingerprint density at radius 1 is 0.943 bits per heavy atom. The molecule has 3 aromatic heterocycles. The fourth-order valence-electron chi connectivity index (χ4n) is 3.86. The van der Waals surface area contributed by atoms with Gasteiger partial charge in [0.05, 0.1) is 0 Å². The second-order valence-electron chi connectivity index (χ2n) is 8.45. The minimum Gasteiger partial charge on any atom is -0.338 e. The first-order chi connectivity index (χ1) is 17.1. The quantitative estimate of drug-likeness (QED) is 0.411. The van der Waals surface area contributed by atoms with Gasteiger partial charge in [0.25, 0.3) is 0 Å². The maximum atomic E-state index is 12.8. The van der Waals surface area contributed by atoms with Crippen molar-refractivity contribution >= 4 is 23.5 Å². The molecule has 1 fully saturated rings. The van der Waals surface area contributed by atoms with Crippen molar-refractivity contribution < 1.29 is 4.79 Å². The number of piperazine rings is 1. The van der Waals surface area contributed by atoms with E-state index >= 15 is 0 Å². The predicted molar refractivity (Wildman–Crippen MR) is 135 cm³/mol. The highest BCUT2D eigenvalue weighted by atomic mass is 16.1. The summed E-state index contributed by atoms with van der Waals surface area (Å²) in [6, 6.07) is 16.9. The number of Topliss-reactive ketones (excluding diaryl/α,β-unsaturated/α-hetero) is 1. The third kappa shape index (κ3) is 5.64. The van der Waals surface area contributed by atoms with Crippen molar-refractivity contribution in [3.8, 4) is 11.4 Å². The minimum atomic E-state index is 0.0199. The van der Waals surface area contributed by atoms with Gasteiger partial charge >= 0.3 is 0 Å². The number of hydrogen-bond donors (Lipinski definition) is 1. The van der Waals surface area contributed by atoms with Crippen molar-refractivity contribution in [1.29, 1.82) is 0 Å².